The molecule has 2 N–H and O–H groups in total. The van der Waals surface area contributed by atoms with E-state index in [9.17, 15) is 18.0 Å². The smallest absolute Gasteiger partial charge is 0.340 e. The molecule has 0 amide bonds. The van der Waals surface area contributed by atoms with Gasteiger partial charge in [-0.3, -0.25) is 9.52 Å². The van der Waals surface area contributed by atoms with Gasteiger partial charge in [0.1, 0.15) is 5.75 Å². The average Bonchev–Trinajstić information content (AvgIpc) is 3.28. The molecule has 0 aliphatic heterocycles. The molecule has 0 aliphatic carbocycles. The van der Waals surface area contributed by atoms with Gasteiger partial charge >= 0.3 is 5.97 Å². The maximum Gasteiger partial charge on any atom is 0.340 e. The van der Waals surface area contributed by atoms with Gasteiger partial charge in [0.05, 0.1) is 28.4 Å². The van der Waals surface area contributed by atoms with Crippen LogP contribution < -0.4 is 9.46 Å². The van der Waals surface area contributed by atoms with Crippen molar-refractivity contribution in [2.75, 3.05) is 17.9 Å². The zero-order valence-electron chi connectivity index (χ0n) is 16.1. The van der Waals surface area contributed by atoms with Crippen molar-refractivity contribution in [1.82, 2.24) is 4.98 Å². The summed E-state index contributed by atoms with van der Waals surface area (Å²) >= 11 is 0. The van der Waals surface area contributed by atoms with Gasteiger partial charge in [-0.25, -0.2) is 13.2 Å². The number of hydrogen-bond acceptors (Lipinski definition) is 6. The first-order chi connectivity index (χ1) is 14.4. The third-order valence-electron chi connectivity index (χ3n) is 4.07. The molecular weight excluding hydrogens is 408 g/mol. The monoisotopic (exact) mass is 428 g/mol. The molecule has 1 heterocycles. The number of benzene rings is 2. The van der Waals surface area contributed by atoms with Gasteiger partial charge in [-0.15, -0.1) is 0 Å². The first kappa shape index (κ1) is 21.1. The van der Waals surface area contributed by atoms with Crippen molar-refractivity contribution < 1.29 is 27.5 Å². The molecule has 9 heteroatoms. The van der Waals surface area contributed by atoms with Crippen LogP contribution in [0, 0.1) is 0 Å². The first-order valence-electron chi connectivity index (χ1n) is 9.09. The predicted octanol–water partition coefficient (Wildman–Crippen LogP) is 3.25. The van der Waals surface area contributed by atoms with E-state index in [0.717, 1.165) is 0 Å². The highest BCUT2D eigenvalue weighted by Crippen LogP contribution is 2.22. The largest absolute Gasteiger partial charge is 0.494 e. The second-order valence-electron chi connectivity index (χ2n) is 6.14. The number of rotatable bonds is 9. The molecule has 156 valence electrons. The highest BCUT2D eigenvalue weighted by Gasteiger charge is 2.20. The molecule has 0 atom stereocenters. The van der Waals surface area contributed by atoms with E-state index in [0.29, 0.717) is 18.1 Å². The molecule has 30 heavy (non-hydrogen) atoms. The molecule has 0 aliphatic rings. The van der Waals surface area contributed by atoms with Gasteiger partial charge in [0.15, 0.2) is 6.61 Å². The number of aromatic nitrogens is 1. The Kier molecular flexibility index (Phi) is 6.53. The zero-order chi connectivity index (χ0) is 21.6. The molecule has 0 unspecified atom stereocenters. The van der Waals surface area contributed by atoms with Crippen LogP contribution in [0.15, 0.2) is 71.8 Å². The lowest BCUT2D eigenvalue weighted by molar-refractivity contribution is 0.0474. The molecule has 3 rings (SSSR count). The number of sulfonamides is 1. The van der Waals surface area contributed by atoms with E-state index < -0.39 is 28.4 Å². The summed E-state index contributed by atoms with van der Waals surface area (Å²) in [5.41, 5.74) is 0.349. The molecule has 8 nitrogen and oxygen atoms in total. The molecule has 1 aromatic heterocycles. The molecule has 0 saturated carbocycles. The molecule has 0 saturated heterocycles. The van der Waals surface area contributed by atoms with Gasteiger partial charge in [-0.05, 0) is 55.5 Å². The summed E-state index contributed by atoms with van der Waals surface area (Å²) in [6.07, 6.45) is 1.58. The van der Waals surface area contributed by atoms with Crippen LogP contribution in [0.3, 0.4) is 0 Å². The number of carbonyl (C=O) groups excluding carboxylic acids is 2. The molecule has 2 aromatic carbocycles. The van der Waals surface area contributed by atoms with Crippen molar-refractivity contribution in [3.8, 4) is 5.75 Å². The van der Waals surface area contributed by atoms with E-state index in [4.69, 9.17) is 9.47 Å². The zero-order valence-corrected chi connectivity index (χ0v) is 16.9. The van der Waals surface area contributed by atoms with Crippen molar-refractivity contribution in [2.45, 2.75) is 11.8 Å². The first-order valence-corrected chi connectivity index (χ1v) is 10.6. The molecule has 0 bridgehead atoms. The van der Waals surface area contributed by atoms with Gasteiger partial charge in [0.2, 0.25) is 5.78 Å². The molecule has 0 fully saturated rings. The number of H-pyrrole nitrogens is 1. The Hall–Kier alpha value is -3.59. The number of aromatic amines is 1. The number of esters is 1. The van der Waals surface area contributed by atoms with Gasteiger partial charge < -0.3 is 14.5 Å². The van der Waals surface area contributed by atoms with Crippen molar-refractivity contribution >= 4 is 27.5 Å². The lowest BCUT2D eigenvalue weighted by Gasteiger charge is -2.12. The Balaban J connectivity index is 1.74. The second kappa shape index (κ2) is 9.27. The summed E-state index contributed by atoms with van der Waals surface area (Å²) in [5, 5.41) is 0. The second-order valence-corrected chi connectivity index (χ2v) is 7.82. The highest BCUT2D eigenvalue weighted by atomic mass is 32.2. The topological polar surface area (TPSA) is 115 Å². The fourth-order valence-corrected chi connectivity index (χ4v) is 3.71. The van der Waals surface area contributed by atoms with Gasteiger partial charge in [-0.2, -0.15) is 0 Å². The molecule has 0 radical (unpaired) electrons. The number of Topliss-reactive ketones (excluding diaryl/α,β-unsaturated/α-hetero) is 1. The SMILES string of the molecule is CCOc1ccc(S(=O)(=O)Nc2ccccc2C(=O)OCC(=O)c2ccc[nH]2)cc1. The fourth-order valence-electron chi connectivity index (χ4n) is 2.63. The summed E-state index contributed by atoms with van der Waals surface area (Å²) < 4.78 is 38.2. The van der Waals surface area contributed by atoms with Crippen LogP contribution in [-0.4, -0.2) is 38.4 Å². The number of anilines is 1. The minimum Gasteiger partial charge on any atom is -0.494 e. The normalized spacial score (nSPS) is 11.0. The van der Waals surface area contributed by atoms with E-state index in [1.165, 1.54) is 24.3 Å². The Bertz CT molecular complexity index is 1120. The van der Waals surface area contributed by atoms with Crippen LogP contribution in [0.25, 0.3) is 0 Å². The molecule has 3 aromatic rings. The third-order valence-corrected chi connectivity index (χ3v) is 5.45. The lowest BCUT2D eigenvalue weighted by atomic mass is 10.2. The van der Waals surface area contributed by atoms with Crippen LogP contribution in [-0.2, 0) is 14.8 Å². The quantitative estimate of drug-likeness (QED) is 0.399. The summed E-state index contributed by atoms with van der Waals surface area (Å²) in [6, 6.07) is 15.1. The van der Waals surface area contributed by atoms with Gasteiger partial charge in [-0.1, -0.05) is 12.1 Å². The summed E-state index contributed by atoms with van der Waals surface area (Å²) in [6.45, 7) is 1.82. The lowest BCUT2D eigenvalue weighted by Crippen LogP contribution is -2.18. The van der Waals surface area contributed by atoms with Crippen LogP contribution in [0.5, 0.6) is 5.75 Å². The van der Waals surface area contributed by atoms with Crippen LogP contribution in [0.1, 0.15) is 27.8 Å². The summed E-state index contributed by atoms with van der Waals surface area (Å²) in [4.78, 5) is 27.2. The van der Waals surface area contributed by atoms with Crippen molar-refractivity contribution in [3.05, 3.63) is 78.1 Å². The Morgan fingerprint density at radius 3 is 2.40 bits per heavy atom. The van der Waals surface area contributed by atoms with E-state index in [1.807, 2.05) is 6.92 Å². The third kappa shape index (κ3) is 5.06. The number of ketones is 1. The van der Waals surface area contributed by atoms with E-state index in [-0.39, 0.29) is 16.1 Å². The Morgan fingerprint density at radius 2 is 1.73 bits per heavy atom. The number of carbonyl (C=O) groups is 2. The van der Waals surface area contributed by atoms with E-state index in [2.05, 4.69) is 9.71 Å². The summed E-state index contributed by atoms with van der Waals surface area (Å²) in [5.74, 6) is -0.673. The van der Waals surface area contributed by atoms with Crippen molar-refractivity contribution in [2.24, 2.45) is 0 Å². The minimum absolute atomic E-state index is 0.00806. The minimum atomic E-state index is -3.95. The van der Waals surface area contributed by atoms with Crippen molar-refractivity contribution in [1.29, 1.82) is 0 Å². The maximum atomic E-state index is 12.7. The summed E-state index contributed by atoms with van der Waals surface area (Å²) in [7, 11) is -3.95. The number of hydrogen-bond donors (Lipinski definition) is 2. The number of nitrogens with one attached hydrogen (secondary N) is 2. The molecular formula is C21H20N2O6S. The van der Waals surface area contributed by atoms with Gasteiger partial charge in [0.25, 0.3) is 10.0 Å². The van der Waals surface area contributed by atoms with E-state index in [1.54, 1.807) is 42.6 Å². The Labute approximate surface area is 173 Å². The molecule has 0 spiro atoms. The highest BCUT2D eigenvalue weighted by molar-refractivity contribution is 7.92. The number of ether oxygens (including phenoxy) is 2. The number of para-hydroxylation sites is 1. The van der Waals surface area contributed by atoms with E-state index >= 15 is 0 Å². The van der Waals surface area contributed by atoms with Crippen LogP contribution in [0.2, 0.25) is 0 Å². The average molecular weight is 428 g/mol. The van der Waals surface area contributed by atoms with Crippen molar-refractivity contribution in [3.63, 3.8) is 0 Å². The van der Waals surface area contributed by atoms with Crippen LogP contribution >= 0.6 is 0 Å². The van der Waals surface area contributed by atoms with Crippen LogP contribution in [0.4, 0.5) is 5.69 Å². The Morgan fingerprint density at radius 1 is 1.00 bits per heavy atom. The standard InChI is InChI=1S/C21H20N2O6S/c1-2-28-15-9-11-16(12-10-15)30(26,27)23-18-7-4-3-6-17(18)21(25)29-14-20(24)19-8-5-13-22-19/h3-13,22-23H,2,14H2,1H3. The maximum absolute atomic E-state index is 12.7. The predicted molar refractivity (Wildman–Crippen MR) is 110 cm³/mol. The van der Waals surface area contributed by atoms with Gasteiger partial charge in [0, 0.05) is 6.20 Å². The fraction of sp³-hybridized carbons (Fsp3) is 0.143.